The summed E-state index contributed by atoms with van der Waals surface area (Å²) in [7, 11) is 0. The molecule has 1 N–H and O–H groups in total. The summed E-state index contributed by atoms with van der Waals surface area (Å²) in [5.41, 5.74) is 1.22. The number of rotatable bonds is 6. The predicted octanol–water partition coefficient (Wildman–Crippen LogP) is 3.59. The van der Waals surface area contributed by atoms with E-state index in [1.54, 1.807) is 6.92 Å². The number of carbonyl (C=O) groups is 1. The fourth-order valence-corrected chi connectivity index (χ4v) is 3.64. The highest BCUT2D eigenvalue weighted by atomic mass is 35.5. The summed E-state index contributed by atoms with van der Waals surface area (Å²) in [5, 5.41) is 11.5. The SMILES string of the molecule is Cc1nnc(CCC(=O)NCC2(c3cccc(Cl)c3)CCCC2)o1. The van der Waals surface area contributed by atoms with Gasteiger partial charge in [-0.2, -0.15) is 0 Å². The first kappa shape index (κ1) is 17.0. The van der Waals surface area contributed by atoms with Gasteiger partial charge in [-0.15, -0.1) is 10.2 Å². The lowest BCUT2D eigenvalue weighted by atomic mass is 9.79. The first-order chi connectivity index (χ1) is 11.6. The fraction of sp³-hybridized carbons (Fsp3) is 0.500. The van der Waals surface area contributed by atoms with Crippen molar-refractivity contribution in [2.75, 3.05) is 6.54 Å². The highest BCUT2D eigenvalue weighted by Crippen LogP contribution is 2.41. The first-order valence-corrected chi connectivity index (χ1v) is 8.77. The van der Waals surface area contributed by atoms with Crippen molar-refractivity contribution in [2.24, 2.45) is 0 Å². The van der Waals surface area contributed by atoms with E-state index >= 15 is 0 Å². The van der Waals surface area contributed by atoms with Crippen molar-refractivity contribution in [1.29, 1.82) is 0 Å². The van der Waals surface area contributed by atoms with Gasteiger partial charge in [-0.1, -0.05) is 36.6 Å². The van der Waals surface area contributed by atoms with Crippen LogP contribution in [0.3, 0.4) is 0 Å². The molecular weight excluding hydrogens is 326 g/mol. The molecule has 0 bridgehead atoms. The van der Waals surface area contributed by atoms with Crippen molar-refractivity contribution in [3.8, 4) is 0 Å². The number of hydrogen-bond acceptors (Lipinski definition) is 4. The normalized spacial score (nSPS) is 16.2. The number of nitrogens with zero attached hydrogens (tertiary/aromatic N) is 2. The molecule has 0 radical (unpaired) electrons. The Bertz CT molecular complexity index is 708. The van der Waals surface area contributed by atoms with Gasteiger partial charge in [-0.3, -0.25) is 4.79 Å². The molecule has 5 nitrogen and oxygen atoms in total. The molecule has 24 heavy (non-hydrogen) atoms. The zero-order chi connectivity index (χ0) is 17.0. The van der Waals surface area contributed by atoms with Gasteiger partial charge in [-0.05, 0) is 30.5 Å². The number of hydrogen-bond donors (Lipinski definition) is 1. The summed E-state index contributed by atoms with van der Waals surface area (Å²) in [6.07, 6.45) is 5.35. The van der Waals surface area contributed by atoms with E-state index in [4.69, 9.17) is 16.0 Å². The van der Waals surface area contributed by atoms with Gasteiger partial charge in [-0.25, -0.2) is 0 Å². The Morgan fingerprint density at radius 3 is 2.79 bits per heavy atom. The number of nitrogens with one attached hydrogen (secondary N) is 1. The second-order valence-corrected chi connectivity index (χ2v) is 6.93. The lowest BCUT2D eigenvalue weighted by Gasteiger charge is -2.30. The third-order valence-corrected chi connectivity index (χ3v) is 4.99. The highest BCUT2D eigenvalue weighted by molar-refractivity contribution is 6.30. The fourth-order valence-electron chi connectivity index (χ4n) is 3.45. The zero-order valence-electron chi connectivity index (χ0n) is 13.8. The van der Waals surface area contributed by atoms with Gasteiger partial charge < -0.3 is 9.73 Å². The van der Waals surface area contributed by atoms with Gasteiger partial charge >= 0.3 is 0 Å². The molecule has 2 aromatic rings. The van der Waals surface area contributed by atoms with Crippen LogP contribution in [0.5, 0.6) is 0 Å². The largest absolute Gasteiger partial charge is 0.426 e. The maximum atomic E-state index is 12.2. The van der Waals surface area contributed by atoms with Crippen LogP contribution in [-0.4, -0.2) is 22.6 Å². The van der Waals surface area contributed by atoms with Crippen molar-refractivity contribution in [3.63, 3.8) is 0 Å². The average Bonchev–Trinajstić information content (AvgIpc) is 3.21. The predicted molar refractivity (Wildman–Crippen MR) is 92.0 cm³/mol. The van der Waals surface area contributed by atoms with Crippen LogP contribution >= 0.6 is 11.6 Å². The Labute approximate surface area is 146 Å². The summed E-state index contributed by atoms with van der Waals surface area (Å²) in [4.78, 5) is 12.2. The number of amides is 1. The minimum Gasteiger partial charge on any atom is -0.426 e. The van der Waals surface area contributed by atoms with E-state index < -0.39 is 0 Å². The van der Waals surface area contributed by atoms with Crippen LogP contribution in [0.25, 0.3) is 0 Å². The quantitative estimate of drug-likeness (QED) is 0.867. The molecule has 0 aliphatic heterocycles. The van der Waals surface area contributed by atoms with Crippen LogP contribution in [0.2, 0.25) is 5.02 Å². The van der Waals surface area contributed by atoms with E-state index in [2.05, 4.69) is 21.6 Å². The Kier molecular flexibility index (Phi) is 5.19. The van der Waals surface area contributed by atoms with E-state index in [-0.39, 0.29) is 11.3 Å². The average molecular weight is 348 g/mol. The summed E-state index contributed by atoms with van der Waals surface area (Å²) < 4.78 is 5.30. The van der Waals surface area contributed by atoms with Gasteiger partial charge in [0.05, 0.1) is 0 Å². The molecule has 0 atom stereocenters. The maximum absolute atomic E-state index is 12.2. The van der Waals surface area contributed by atoms with Crippen LogP contribution in [0.4, 0.5) is 0 Å². The van der Waals surface area contributed by atoms with Crippen molar-refractivity contribution in [2.45, 2.75) is 50.9 Å². The molecule has 1 aromatic carbocycles. The van der Waals surface area contributed by atoms with Crippen LogP contribution < -0.4 is 5.32 Å². The van der Waals surface area contributed by atoms with E-state index in [9.17, 15) is 4.79 Å². The van der Waals surface area contributed by atoms with Crippen molar-refractivity contribution in [1.82, 2.24) is 15.5 Å². The molecule has 0 unspecified atom stereocenters. The standard InChI is InChI=1S/C18H22ClN3O2/c1-13-21-22-17(24-13)8-7-16(23)20-12-18(9-2-3-10-18)14-5-4-6-15(19)11-14/h4-6,11H,2-3,7-10,12H2,1H3,(H,20,23). The van der Waals surface area contributed by atoms with Gasteiger partial charge in [0.15, 0.2) is 0 Å². The minimum absolute atomic E-state index is 0.00162. The van der Waals surface area contributed by atoms with E-state index in [0.717, 1.165) is 17.9 Å². The van der Waals surface area contributed by atoms with Crippen molar-refractivity contribution >= 4 is 17.5 Å². The molecule has 1 heterocycles. The second kappa shape index (κ2) is 7.34. The molecule has 0 saturated heterocycles. The number of aryl methyl sites for hydroxylation is 2. The summed E-state index contributed by atoms with van der Waals surface area (Å²) in [5.74, 6) is 1.04. The molecule has 1 aliphatic carbocycles. The first-order valence-electron chi connectivity index (χ1n) is 8.39. The third-order valence-electron chi connectivity index (χ3n) is 4.76. The molecule has 0 spiro atoms. The Balaban J connectivity index is 1.59. The lowest BCUT2D eigenvalue weighted by molar-refractivity contribution is -0.121. The van der Waals surface area contributed by atoms with Crippen molar-refractivity contribution < 1.29 is 9.21 Å². The molecule has 1 aliphatic rings. The summed E-state index contributed by atoms with van der Waals surface area (Å²) >= 11 is 6.16. The Hall–Kier alpha value is -1.88. The molecular formula is C18H22ClN3O2. The van der Waals surface area contributed by atoms with Crippen LogP contribution in [-0.2, 0) is 16.6 Å². The molecule has 1 aromatic heterocycles. The lowest BCUT2D eigenvalue weighted by Crippen LogP contribution is -2.39. The zero-order valence-corrected chi connectivity index (χ0v) is 14.6. The van der Waals surface area contributed by atoms with Gasteiger partial charge in [0, 0.05) is 36.7 Å². The Morgan fingerprint density at radius 1 is 1.33 bits per heavy atom. The van der Waals surface area contributed by atoms with Crippen LogP contribution in [0.15, 0.2) is 28.7 Å². The van der Waals surface area contributed by atoms with Crippen molar-refractivity contribution in [3.05, 3.63) is 46.6 Å². The molecule has 128 valence electrons. The highest BCUT2D eigenvalue weighted by Gasteiger charge is 2.35. The van der Waals surface area contributed by atoms with E-state index in [1.165, 1.54) is 18.4 Å². The summed E-state index contributed by atoms with van der Waals surface area (Å²) in [6.45, 7) is 2.39. The monoisotopic (exact) mass is 347 g/mol. The molecule has 6 heteroatoms. The summed E-state index contributed by atoms with van der Waals surface area (Å²) in [6, 6.07) is 8.01. The molecule has 3 rings (SSSR count). The third kappa shape index (κ3) is 3.96. The van der Waals surface area contributed by atoms with E-state index in [1.807, 2.05) is 18.2 Å². The second-order valence-electron chi connectivity index (χ2n) is 6.49. The maximum Gasteiger partial charge on any atom is 0.220 e. The molecule has 1 saturated carbocycles. The number of carbonyl (C=O) groups excluding carboxylic acids is 1. The number of benzene rings is 1. The molecule has 1 amide bonds. The van der Waals surface area contributed by atoms with E-state index in [0.29, 0.717) is 31.2 Å². The number of halogens is 1. The van der Waals surface area contributed by atoms with Crippen LogP contribution in [0, 0.1) is 6.92 Å². The topological polar surface area (TPSA) is 68.0 Å². The molecule has 1 fully saturated rings. The van der Waals surface area contributed by atoms with Crippen LogP contribution in [0.1, 0.15) is 49.4 Å². The minimum atomic E-state index is 0.00162. The smallest absolute Gasteiger partial charge is 0.220 e. The van der Waals surface area contributed by atoms with Gasteiger partial charge in [0.1, 0.15) is 0 Å². The number of aromatic nitrogens is 2. The van der Waals surface area contributed by atoms with Gasteiger partial charge in [0.25, 0.3) is 0 Å². The van der Waals surface area contributed by atoms with Gasteiger partial charge in [0.2, 0.25) is 17.7 Å². The Morgan fingerprint density at radius 2 is 2.12 bits per heavy atom.